The van der Waals surface area contributed by atoms with E-state index in [-0.39, 0.29) is 0 Å². The van der Waals surface area contributed by atoms with Crippen LogP contribution in [-0.4, -0.2) is 50.2 Å². The molecule has 2 fully saturated rings. The van der Waals surface area contributed by atoms with Crippen molar-refractivity contribution in [3.63, 3.8) is 0 Å². The van der Waals surface area contributed by atoms with E-state index in [2.05, 4.69) is 46.3 Å². The number of rotatable bonds is 2. The third-order valence-electron chi connectivity index (χ3n) is 4.27. The summed E-state index contributed by atoms with van der Waals surface area (Å²) in [7, 11) is 0. The zero-order valence-electron chi connectivity index (χ0n) is 11.2. The second-order valence-corrected chi connectivity index (χ2v) is 5.32. The van der Waals surface area contributed by atoms with E-state index in [0.29, 0.717) is 6.04 Å². The first-order valence-electron chi connectivity index (χ1n) is 7.16. The van der Waals surface area contributed by atoms with Crippen molar-refractivity contribution in [1.29, 1.82) is 0 Å². The fraction of sp³-hybridized carbons (Fsp3) is 0.600. The van der Waals surface area contributed by atoms with Crippen molar-refractivity contribution in [1.82, 2.24) is 10.2 Å². The van der Waals surface area contributed by atoms with Crippen molar-refractivity contribution >= 4 is 5.69 Å². The van der Waals surface area contributed by atoms with Gasteiger partial charge in [0.15, 0.2) is 0 Å². The SMILES string of the molecule is CCc1ccccc1N1CCN2CCNCC2C1. The largest absolute Gasteiger partial charge is 0.368 e. The predicted octanol–water partition coefficient (Wildman–Crippen LogP) is 1.34. The standard InChI is InChI=1S/C15H23N3/c1-2-13-5-3-4-6-15(13)18-10-9-17-8-7-16-11-14(17)12-18/h3-6,14,16H,2,7-12H2,1H3. The maximum Gasteiger partial charge on any atom is 0.0399 e. The number of aryl methyl sites for hydroxylation is 1. The highest BCUT2D eigenvalue weighted by Gasteiger charge is 2.29. The summed E-state index contributed by atoms with van der Waals surface area (Å²) in [6, 6.07) is 9.56. The number of nitrogens with one attached hydrogen (secondary N) is 1. The Morgan fingerprint density at radius 1 is 1.22 bits per heavy atom. The minimum Gasteiger partial charge on any atom is -0.368 e. The number of anilines is 1. The Balaban J connectivity index is 1.77. The smallest absolute Gasteiger partial charge is 0.0399 e. The lowest BCUT2D eigenvalue weighted by molar-refractivity contribution is 0.146. The Labute approximate surface area is 110 Å². The molecule has 1 unspecified atom stereocenters. The second-order valence-electron chi connectivity index (χ2n) is 5.32. The van der Waals surface area contributed by atoms with Gasteiger partial charge in [0.25, 0.3) is 0 Å². The van der Waals surface area contributed by atoms with E-state index < -0.39 is 0 Å². The first-order chi connectivity index (χ1) is 8.88. The van der Waals surface area contributed by atoms with Gasteiger partial charge >= 0.3 is 0 Å². The van der Waals surface area contributed by atoms with Crippen molar-refractivity contribution in [2.75, 3.05) is 44.2 Å². The molecule has 0 amide bonds. The lowest BCUT2D eigenvalue weighted by Gasteiger charge is -2.45. The lowest BCUT2D eigenvalue weighted by Crippen LogP contribution is -2.61. The van der Waals surface area contributed by atoms with E-state index in [1.54, 1.807) is 0 Å². The second kappa shape index (κ2) is 5.29. The van der Waals surface area contributed by atoms with Crippen LogP contribution < -0.4 is 10.2 Å². The molecule has 3 rings (SSSR count). The molecule has 3 heteroatoms. The van der Waals surface area contributed by atoms with Crippen LogP contribution in [0.1, 0.15) is 12.5 Å². The Bertz CT molecular complexity index is 404. The number of nitrogens with zero attached hydrogens (tertiary/aromatic N) is 2. The Kier molecular flexibility index (Phi) is 3.52. The molecule has 0 saturated carbocycles. The van der Waals surface area contributed by atoms with Gasteiger partial charge in [0.05, 0.1) is 0 Å². The molecule has 1 aromatic carbocycles. The molecule has 1 aromatic rings. The van der Waals surface area contributed by atoms with Gasteiger partial charge in [-0.2, -0.15) is 0 Å². The van der Waals surface area contributed by atoms with Crippen molar-refractivity contribution < 1.29 is 0 Å². The molecule has 0 aliphatic carbocycles. The van der Waals surface area contributed by atoms with Crippen molar-refractivity contribution in [2.24, 2.45) is 0 Å². The van der Waals surface area contributed by atoms with E-state index in [1.165, 1.54) is 37.4 Å². The Hall–Kier alpha value is -1.06. The van der Waals surface area contributed by atoms with Crippen LogP contribution in [0.2, 0.25) is 0 Å². The molecule has 0 radical (unpaired) electrons. The molecule has 0 bridgehead atoms. The number of para-hydroxylation sites is 1. The molecular formula is C15H23N3. The first-order valence-corrected chi connectivity index (χ1v) is 7.16. The van der Waals surface area contributed by atoms with Gasteiger partial charge in [-0.05, 0) is 18.1 Å². The molecule has 1 atom stereocenters. The summed E-state index contributed by atoms with van der Waals surface area (Å²) in [5, 5.41) is 3.52. The van der Waals surface area contributed by atoms with Gasteiger partial charge in [0, 0.05) is 51.0 Å². The van der Waals surface area contributed by atoms with Crippen molar-refractivity contribution in [3.05, 3.63) is 29.8 Å². The van der Waals surface area contributed by atoms with E-state index in [1.807, 2.05) is 0 Å². The van der Waals surface area contributed by atoms with Crippen LogP contribution >= 0.6 is 0 Å². The van der Waals surface area contributed by atoms with Gasteiger partial charge in [-0.25, -0.2) is 0 Å². The molecule has 2 aliphatic rings. The molecule has 1 N–H and O–H groups in total. The molecule has 0 spiro atoms. The summed E-state index contributed by atoms with van der Waals surface area (Å²) in [6.45, 7) is 9.32. The zero-order chi connectivity index (χ0) is 12.4. The van der Waals surface area contributed by atoms with Gasteiger partial charge in [-0.3, -0.25) is 4.90 Å². The van der Waals surface area contributed by atoms with Gasteiger partial charge in [-0.1, -0.05) is 25.1 Å². The summed E-state index contributed by atoms with van der Waals surface area (Å²) in [5.74, 6) is 0. The van der Waals surface area contributed by atoms with Crippen LogP contribution in [0, 0.1) is 0 Å². The van der Waals surface area contributed by atoms with Crippen LogP contribution in [0.3, 0.4) is 0 Å². The van der Waals surface area contributed by atoms with Crippen molar-refractivity contribution in [2.45, 2.75) is 19.4 Å². The maximum atomic E-state index is 3.52. The van der Waals surface area contributed by atoms with Gasteiger partial charge in [-0.15, -0.1) is 0 Å². The normalized spacial score (nSPS) is 24.9. The maximum absolute atomic E-state index is 3.52. The first kappa shape index (κ1) is 12.0. The number of hydrogen-bond donors (Lipinski definition) is 1. The van der Waals surface area contributed by atoms with Crippen LogP contribution in [0.4, 0.5) is 5.69 Å². The van der Waals surface area contributed by atoms with Crippen LogP contribution in [0.5, 0.6) is 0 Å². The molecule has 2 heterocycles. The average molecular weight is 245 g/mol. The van der Waals surface area contributed by atoms with Crippen molar-refractivity contribution in [3.8, 4) is 0 Å². The summed E-state index contributed by atoms with van der Waals surface area (Å²) >= 11 is 0. The average Bonchev–Trinajstić information content (AvgIpc) is 2.46. The molecule has 0 aromatic heterocycles. The molecule has 98 valence electrons. The topological polar surface area (TPSA) is 18.5 Å². The van der Waals surface area contributed by atoms with Gasteiger partial charge in [0.1, 0.15) is 0 Å². The van der Waals surface area contributed by atoms with E-state index in [9.17, 15) is 0 Å². The summed E-state index contributed by atoms with van der Waals surface area (Å²) in [4.78, 5) is 5.22. The van der Waals surface area contributed by atoms with Crippen LogP contribution in [-0.2, 0) is 6.42 Å². The minimum atomic E-state index is 0.692. The van der Waals surface area contributed by atoms with E-state index in [0.717, 1.165) is 19.5 Å². The van der Waals surface area contributed by atoms with E-state index >= 15 is 0 Å². The number of benzene rings is 1. The minimum absolute atomic E-state index is 0.692. The molecule has 3 nitrogen and oxygen atoms in total. The fourth-order valence-corrected chi connectivity index (χ4v) is 3.21. The fourth-order valence-electron chi connectivity index (χ4n) is 3.21. The van der Waals surface area contributed by atoms with E-state index in [4.69, 9.17) is 0 Å². The van der Waals surface area contributed by atoms with Crippen LogP contribution in [0.15, 0.2) is 24.3 Å². The summed E-state index contributed by atoms with van der Waals surface area (Å²) < 4.78 is 0. The van der Waals surface area contributed by atoms with Gasteiger partial charge < -0.3 is 10.2 Å². The highest BCUT2D eigenvalue weighted by molar-refractivity contribution is 5.54. The van der Waals surface area contributed by atoms with Gasteiger partial charge in [0.2, 0.25) is 0 Å². The molecule has 2 saturated heterocycles. The third kappa shape index (κ3) is 2.25. The Morgan fingerprint density at radius 2 is 2.11 bits per heavy atom. The summed E-state index contributed by atoms with van der Waals surface area (Å²) in [5.41, 5.74) is 2.93. The third-order valence-corrected chi connectivity index (χ3v) is 4.27. The highest BCUT2D eigenvalue weighted by Crippen LogP contribution is 2.24. The summed E-state index contributed by atoms with van der Waals surface area (Å²) in [6.07, 6.45) is 1.12. The van der Waals surface area contributed by atoms with Crippen LogP contribution in [0.25, 0.3) is 0 Å². The Morgan fingerprint density at radius 3 is 3.00 bits per heavy atom. The zero-order valence-corrected chi connectivity index (χ0v) is 11.2. The highest BCUT2D eigenvalue weighted by atomic mass is 15.3. The number of piperazine rings is 2. The lowest BCUT2D eigenvalue weighted by atomic mass is 10.1. The molecule has 2 aliphatic heterocycles. The molecule has 18 heavy (non-hydrogen) atoms. The monoisotopic (exact) mass is 245 g/mol. The number of fused-ring (bicyclic) bond motifs is 1. The molecular weight excluding hydrogens is 222 g/mol. The number of hydrogen-bond acceptors (Lipinski definition) is 3. The predicted molar refractivity (Wildman–Crippen MR) is 76.3 cm³/mol. The quantitative estimate of drug-likeness (QED) is 0.848.